The van der Waals surface area contributed by atoms with Gasteiger partial charge < -0.3 is 14.6 Å². The number of hydrogen-bond donors (Lipinski definition) is 1. The van der Waals surface area contributed by atoms with Gasteiger partial charge in [0, 0.05) is 53.4 Å². The third-order valence-electron chi connectivity index (χ3n) is 5.00. The van der Waals surface area contributed by atoms with Crippen molar-refractivity contribution >= 4 is 34.2 Å². The first kappa shape index (κ1) is 21.7. The van der Waals surface area contributed by atoms with Crippen molar-refractivity contribution in [2.75, 3.05) is 5.32 Å². The number of ether oxygens (including phenoxy) is 1. The fourth-order valence-corrected chi connectivity index (χ4v) is 3.49. The Morgan fingerprint density at radius 2 is 1.84 bits per heavy atom. The van der Waals surface area contributed by atoms with E-state index in [1.54, 1.807) is 24.5 Å². The summed E-state index contributed by atoms with van der Waals surface area (Å²) in [5, 5.41) is 2.77. The van der Waals surface area contributed by atoms with Gasteiger partial charge in [-0.3, -0.25) is 9.78 Å². The second-order valence-electron chi connectivity index (χ2n) is 7.39. The van der Waals surface area contributed by atoms with Crippen LogP contribution in [0.4, 0.5) is 14.5 Å². The molecule has 0 bridgehead atoms. The summed E-state index contributed by atoms with van der Waals surface area (Å²) in [6.45, 7) is 3.84. The number of hydrogen-bond acceptors (Lipinski definition) is 4. The lowest BCUT2D eigenvalue weighted by Crippen LogP contribution is -2.16. The van der Waals surface area contributed by atoms with Crippen LogP contribution in [0, 0.1) is 13.8 Å². The van der Waals surface area contributed by atoms with Crippen LogP contribution in [0.3, 0.4) is 0 Å². The van der Waals surface area contributed by atoms with E-state index in [1.807, 2.05) is 31.5 Å². The van der Waals surface area contributed by atoms with Crippen molar-refractivity contribution in [3.63, 3.8) is 0 Å². The highest BCUT2D eigenvalue weighted by Crippen LogP contribution is 2.31. The number of aromatic nitrogens is 3. The van der Waals surface area contributed by atoms with Crippen molar-refractivity contribution in [2.45, 2.75) is 19.4 Å². The van der Waals surface area contributed by atoms with Gasteiger partial charge in [-0.25, -0.2) is 4.98 Å². The molecule has 4 aromatic rings. The molecule has 0 saturated carbocycles. The SMILES string of the molecule is Cc1cncc(-c2cc(C(=O)Nc3ccc(OC(F)(F)Cl)cc3)cc3c2nc(C)n3C)c1. The maximum Gasteiger partial charge on any atom is 0.487 e. The average Bonchev–Trinajstić information content (AvgIpc) is 3.01. The second kappa shape index (κ2) is 8.20. The monoisotopic (exact) mass is 456 g/mol. The maximum absolute atomic E-state index is 13.0. The molecule has 0 aliphatic heterocycles. The molecule has 164 valence electrons. The smallest absolute Gasteiger partial charge is 0.420 e. The van der Waals surface area contributed by atoms with E-state index in [2.05, 4.69) is 20.0 Å². The predicted octanol–water partition coefficient (Wildman–Crippen LogP) is 5.67. The molecule has 4 rings (SSSR count). The number of alkyl halides is 3. The fourth-order valence-electron chi connectivity index (χ4n) is 3.40. The first-order valence-corrected chi connectivity index (χ1v) is 10.0. The minimum atomic E-state index is -3.80. The van der Waals surface area contributed by atoms with Crippen LogP contribution in [0.2, 0.25) is 0 Å². The highest BCUT2D eigenvalue weighted by Gasteiger charge is 2.27. The van der Waals surface area contributed by atoms with Gasteiger partial charge in [-0.1, -0.05) is 0 Å². The Balaban J connectivity index is 1.69. The maximum atomic E-state index is 13.0. The number of nitrogens with one attached hydrogen (secondary N) is 1. The van der Waals surface area contributed by atoms with Crippen molar-refractivity contribution in [1.82, 2.24) is 14.5 Å². The van der Waals surface area contributed by atoms with Crippen LogP contribution in [0.15, 0.2) is 54.9 Å². The molecule has 2 aromatic heterocycles. The molecular weight excluding hydrogens is 438 g/mol. The zero-order valence-electron chi connectivity index (χ0n) is 17.5. The second-order valence-corrected chi connectivity index (χ2v) is 7.83. The van der Waals surface area contributed by atoms with E-state index < -0.39 is 5.57 Å². The first-order valence-electron chi connectivity index (χ1n) is 9.67. The van der Waals surface area contributed by atoms with Crippen molar-refractivity contribution < 1.29 is 18.3 Å². The minimum absolute atomic E-state index is 0.121. The van der Waals surface area contributed by atoms with Crippen molar-refractivity contribution in [3.8, 4) is 16.9 Å². The van der Waals surface area contributed by atoms with E-state index in [9.17, 15) is 13.6 Å². The molecule has 1 amide bonds. The Morgan fingerprint density at radius 3 is 2.50 bits per heavy atom. The Hall–Kier alpha value is -3.52. The Morgan fingerprint density at radius 1 is 1.12 bits per heavy atom. The number of pyridine rings is 1. The number of rotatable bonds is 5. The topological polar surface area (TPSA) is 69.0 Å². The van der Waals surface area contributed by atoms with Gasteiger partial charge in [-0.05, 0) is 61.9 Å². The van der Waals surface area contributed by atoms with Crippen LogP contribution in [0.1, 0.15) is 21.7 Å². The summed E-state index contributed by atoms with van der Waals surface area (Å²) in [5.74, 6) is 0.332. The Bertz CT molecular complexity index is 1310. The molecule has 0 atom stereocenters. The summed E-state index contributed by atoms with van der Waals surface area (Å²) in [4.78, 5) is 21.9. The molecule has 0 aliphatic rings. The van der Waals surface area contributed by atoms with Crippen LogP contribution in [-0.2, 0) is 7.05 Å². The van der Waals surface area contributed by atoms with Crippen LogP contribution < -0.4 is 10.1 Å². The van der Waals surface area contributed by atoms with Crippen molar-refractivity contribution in [1.29, 1.82) is 0 Å². The first-order chi connectivity index (χ1) is 15.1. The Kier molecular flexibility index (Phi) is 5.56. The van der Waals surface area contributed by atoms with E-state index in [1.165, 1.54) is 24.3 Å². The van der Waals surface area contributed by atoms with Crippen molar-refractivity contribution in [2.24, 2.45) is 7.05 Å². The summed E-state index contributed by atoms with van der Waals surface area (Å²) < 4.78 is 31.7. The van der Waals surface area contributed by atoms with Gasteiger partial charge in [0.2, 0.25) is 0 Å². The van der Waals surface area contributed by atoms with E-state index in [-0.39, 0.29) is 11.7 Å². The summed E-state index contributed by atoms with van der Waals surface area (Å²) in [5.41, 5.74) is 1.25. The molecule has 0 radical (unpaired) electrons. The summed E-state index contributed by atoms with van der Waals surface area (Å²) in [6.07, 6.45) is 3.49. The number of nitrogens with zero attached hydrogens (tertiary/aromatic N) is 3. The lowest BCUT2D eigenvalue weighted by molar-refractivity contribution is -0.0964. The molecule has 2 aromatic carbocycles. The number of fused-ring (bicyclic) bond motifs is 1. The molecule has 9 heteroatoms. The molecular formula is C23H19ClF2N4O2. The number of anilines is 1. The lowest BCUT2D eigenvalue weighted by atomic mass is 10.0. The largest absolute Gasteiger partial charge is 0.487 e. The number of imidazole rings is 1. The summed E-state index contributed by atoms with van der Waals surface area (Å²) in [7, 11) is 1.88. The molecule has 6 nitrogen and oxygen atoms in total. The zero-order chi connectivity index (χ0) is 23.0. The summed E-state index contributed by atoms with van der Waals surface area (Å²) >= 11 is 4.77. The lowest BCUT2D eigenvalue weighted by Gasteiger charge is -2.12. The molecule has 0 fully saturated rings. The van der Waals surface area contributed by atoms with Gasteiger partial charge in [0.25, 0.3) is 5.91 Å². The molecule has 1 N–H and O–H groups in total. The number of amides is 1. The van der Waals surface area contributed by atoms with Gasteiger partial charge in [-0.15, -0.1) is 8.78 Å². The number of carbonyl (C=O) groups excluding carboxylic acids is 1. The van der Waals surface area contributed by atoms with Gasteiger partial charge in [-0.2, -0.15) is 0 Å². The van der Waals surface area contributed by atoms with E-state index >= 15 is 0 Å². The fraction of sp³-hybridized carbons (Fsp3) is 0.174. The third kappa shape index (κ3) is 4.55. The number of halogens is 3. The molecule has 0 unspecified atom stereocenters. The quantitative estimate of drug-likeness (QED) is 0.393. The third-order valence-corrected chi connectivity index (χ3v) is 5.08. The van der Waals surface area contributed by atoms with Crippen LogP contribution in [-0.4, -0.2) is 26.0 Å². The Labute approximate surface area is 187 Å². The zero-order valence-corrected chi connectivity index (χ0v) is 18.2. The normalized spacial score (nSPS) is 11.6. The van der Waals surface area contributed by atoms with Gasteiger partial charge in [0.1, 0.15) is 11.6 Å². The van der Waals surface area contributed by atoms with Gasteiger partial charge in [0.05, 0.1) is 11.0 Å². The van der Waals surface area contributed by atoms with E-state index in [0.29, 0.717) is 11.3 Å². The molecule has 0 saturated heterocycles. The highest BCUT2D eigenvalue weighted by molar-refractivity contribution is 6.20. The average molecular weight is 457 g/mol. The van der Waals surface area contributed by atoms with E-state index in [0.717, 1.165) is 33.5 Å². The van der Waals surface area contributed by atoms with Crippen LogP contribution in [0.5, 0.6) is 5.75 Å². The minimum Gasteiger partial charge on any atom is -0.420 e. The molecule has 32 heavy (non-hydrogen) atoms. The predicted molar refractivity (Wildman–Crippen MR) is 119 cm³/mol. The van der Waals surface area contributed by atoms with Gasteiger partial charge >= 0.3 is 5.57 Å². The van der Waals surface area contributed by atoms with Gasteiger partial charge in [0.15, 0.2) is 0 Å². The summed E-state index contributed by atoms with van der Waals surface area (Å²) in [6, 6.07) is 11.0. The number of aryl methyl sites for hydroxylation is 3. The van der Waals surface area contributed by atoms with Crippen LogP contribution in [0.25, 0.3) is 22.2 Å². The molecule has 0 aliphatic carbocycles. The van der Waals surface area contributed by atoms with Crippen molar-refractivity contribution in [3.05, 3.63) is 71.8 Å². The van der Waals surface area contributed by atoms with E-state index in [4.69, 9.17) is 11.6 Å². The molecule has 2 heterocycles. The number of carbonyl (C=O) groups is 1. The highest BCUT2D eigenvalue weighted by atomic mass is 35.5. The van der Waals surface area contributed by atoms with Crippen LogP contribution >= 0.6 is 11.6 Å². The standard InChI is InChI=1S/C23H19ClF2N4O2/c1-13-8-16(12-27-11-13)19-9-15(10-20-21(19)28-14(2)30(20)3)22(31)29-17-4-6-18(7-5-17)32-23(24,25)26/h4-12H,1-3H3,(H,29,31). The molecule has 0 spiro atoms. The number of benzene rings is 2.